The second-order valence-electron chi connectivity index (χ2n) is 2.66. The fourth-order valence-electron chi connectivity index (χ4n) is 0.957. The molecular formula is C8H4BrF2N3O. The SMILES string of the molecule is FC(F)(Br)c1nc(-c2ccncc2)no1. The summed E-state index contributed by atoms with van der Waals surface area (Å²) in [5.41, 5.74) is 0.566. The molecular weight excluding hydrogens is 272 g/mol. The number of rotatable bonds is 2. The van der Waals surface area contributed by atoms with Crippen LogP contribution in [0.1, 0.15) is 5.89 Å². The number of alkyl halides is 3. The molecule has 0 N–H and O–H groups in total. The smallest absolute Gasteiger partial charge is 0.331 e. The number of halogens is 3. The molecule has 0 bridgehead atoms. The van der Waals surface area contributed by atoms with Gasteiger partial charge in [0, 0.05) is 33.9 Å². The highest BCUT2D eigenvalue weighted by Crippen LogP contribution is 2.33. The molecule has 78 valence electrons. The lowest BCUT2D eigenvalue weighted by Gasteiger charge is -1.98. The Labute approximate surface area is 91.5 Å². The van der Waals surface area contributed by atoms with Crippen molar-refractivity contribution in [2.75, 3.05) is 0 Å². The summed E-state index contributed by atoms with van der Waals surface area (Å²) >= 11 is 2.13. The zero-order valence-electron chi connectivity index (χ0n) is 7.19. The lowest BCUT2D eigenvalue weighted by Crippen LogP contribution is -2.02. The van der Waals surface area contributed by atoms with Crippen molar-refractivity contribution in [1.82, 2.24) is 15.1 Å². The van der Waals surface area contributed by atoms with Crippen LogP contribution >= 0.6 is 15.9 Å². The first-order chi connectivity index (χ1) is 7.07. The molecule has 0 fully saturated rings. The third-order valence-corrected chi connectivity index (χ3v) is 1.95. The van der Waals surface area contributed by atoms with Gasteiger partial charge in [-0.15, -0.1) is 0 Å². The summed E-state index contributed by atoms with van der Waals surface area (Å²) in [5, 5.41) is 3.43. The summed E-state index contributed by atoms with van der Waals surface area (Å²) in [6, 6.07) is 3.20. The molecule has 4 nitrogen and oxygen atoms in total. The molecule has 0 atom stereocenters. The van der Waals surface area contributed by atoms with Crippen LogP contribution < -0.4 is 0 Å². The van der Waals surface area contributed by atoms with E-state index in [0.29, 0.717) is 5.56 Å². The summed E-state index contributed by atoms with van der Waals surface area (Å²) in [6.07, 6.45) is 3.02. The normalized spacial score (nSPS) is 11.7. The van der Waals surface area contributed by atoms with Gasteiger partial charge in [0.05, 0.1) is 0 Å². The van der Waals surface area contributed by atoms with Crippen molar-refractivity contribution in [2.24, 2.45) is 0 Å². The Morgan fingerprint density at radius 3 is 2.47 bits per heavy atom. The van der Waals surface area contributed by atoms with Crippen molar-refractivity contribution in [3.05, 3.63) is 30.4 Å². The fraction of sp³-hybridized carbons (Fsp3) is 0.125. The third kappa shape index (κ3) is 2.17. The quantitative estimate of drug-likeness (QED) is 0.791. The molecule has 0 aromatic carbocycles. The van der Waals surface area contributed by atoms with E-state index in [2.05, 4.69) is 35.6 Å². The van der Waals surface area contributed by atoms with Gasteiger partial charge in [-0.05, 0) is 12.1 Å². The van der Waals surface area contributed by atoms with Gasteiger partial charge in [-0.1, -0.05) is 5.16 Å². The predicted molar refractivity (Wildman–Crippen MR) is 50.4 cm³/mol. The molecule has 0 aliphatic heterocycles. The minimum absolute atomic E-state index is 0.103. The van der Waals surface area contributed by atoms with E-state index in [0.717, 1.165) is 0 Å². The standard InChI is InChI=1S/C8H4BrF2N3O/c9-8(10,11)7-13-6(14-15-7)5-1-3-12-4-2-5/h1-4H. The summed E-state index contributed by atoms with van der Waals surface area (Å²) in [5.74, 6) is -0.666. The molecule has 0 aliphatic rings. The first-order valence-electron chi connectivity index (χ1n) is 3.88. The number of aromatic nitrogens is 3. The van der Waals surface area contributed by atoms with Gasteiger partial charge < -0.3 is 4.52 Å². The zero-order chi connectivity index (χ0) is 10.9. The van der Waals surface area contributed by atoms with E-state index >= 15 is 0 Å². The number of pyridine rings is 1. The van der Waals surface area contributed by atoms with E-state index in [1.54, 1.807) is 12.1 Å². The van der Waals surface area contributed by atoms with Gasteiger partial charge >= 0.3 is 10.7 Å². The first kappa shape index (κ1) is 10.2. The Kier molecular flexibility index (Phi) is 2.47. The van der Waals surface area contributed by atoms with Gasteiger partial charge in [0.2, 0.25) is 5.82 Å². The second-order valence-corrected chi connectivity index (χ2v) is 3.65. The van der Waals surface area contributed by atoms with Crippen molar-refractivity contribution in [3.63, 3.8) is 0 Å². The molecule has 2 aromatic heterocycles. The lowest BCUT2D eigenvalue weighted by molar-refractivity contribution is 0.0725. The van der Waals surface area contributed by atoms with Gasteiger partial charge in [-0.25, -0.2) is 0 Å². The summed E-state index contributed by atoms with van der Waals surface area (Å²) in [6.45, 7) is 0. The van der Waals surface area contributed by atoms with Crippen LogP contribution in [-0.4, -0.2) is 15.1 Å². The Balaban J connectivity index is 2.37. The van der Waals surface area contributed by atoms with Gasteiger partial charge in [-0.2, -0.15) is 13.8 Å². The Morgan fingerprint density at radius 1 is 1.27 bits per heavy atom. The number of nitrogens with zero attached hydrogens (tertiary/aromatic N) is 3. The number of hydrogen-bond donors (Lipinski definition) is 0. The van der Waals surface area contributed by atoms with Crippen LogP contribution in [0.15, 0.2) is 29.0 Å². The molecule has 0 saturated heterocycles. The molecule has 0 saturated carbocycles. The van der Waals surface area contributed by atoms with Crippen molar-refractivity contribution in [1.29, 1.82) is 0 Å². The van der Waals surface area contributed by atoms with E-state index in [4.69, 9.17) is 0 Å². The van der Waals surface area contributed by atoms with Gasteiger partial charge in [0.25, 0.3) is 0 Å². The van der Waals surface area contributed by atoms with Crippen LogP contribution in [0, 0.1) is 0 Å². The van der Waals surface area contributed by atoms with E-state index in [9.17, 15) is 8.78 Å². The summed E-state index contributed by atoms with van der Waals surface area (Å²) in [7, 11) is 0. The Hall–Kier alpha value is -1.37. The molecule has 0 unspecified atom stereocenters. The Bertz CT molecular complexity index is 454. The average Bonchev–Trinajstić information content (AvgIpc) is 2.67. The van der Waals surface area contributed by atoms with Crippen LogP contribution in [0.5, 0.6) is 0 Å². The van der Waals surface area contributed by atoms with Gasteiger partial charge in [-0.3, -0.25) is 4.98 Å². The van der Waals surface area contributed by atoms with Gasteiger partial charge in [0.15, 0.2) is 0 Å². The molecule has 2 rings (SSSR count). The van der Waals surface area contributed by atoms with Crippen LogP contribution in [0.2, 0.25) is 0 Å². The van der Waals surface area contributed by atoms with Gasteiger partial charge in [0.1, 0.15) is 0 Å². The largest absolute Gasteiger partial charge is 0.378 e. The molecule has 0 aliphatic carbocycles. The highest BCUT2D eigenvalue weighted by atomic mass is 79.9. The van der Waals surface area contributed by atoms with E-state index in [1.807, 2.05) is 0 Å². The van der Waals surface area contributed by atoms with Crippen LogP contribution in [0.4, 0.5) is 8.78 Å². The van der Waals surface area contributed by atoms with Crippen LogP contribution in [-0.2, 0) is 4.83 Å². The monoisotopic (exact) mass is 275 g/mol. The molecule has 2 heterocycles. The maximum atomic E-state index is 12.7. The summed E-state index contributed by atoms with van der Waals surface area (Å²) in [4.78, 5) is 4.03. The third-order valence-electron chi connectivity index (χ3n) is 1.61. The van der Waals surface area contributed by atoms with Crippen molar-refractivity contribution in [3.8, 4) is 11.4 Å². The fourth-order valence-corrected chi connectivity index (χ4v) is 1.12. The maximum Gasteiger partial charge on any atom is 0.378 e. The second kappa shape index (κ2) is 3.65. The summed E-state index contributed by atoms with van der Waals surface area (Å²) < 4.78 is 29.8. The molecule has 0 spiro atoms. The minimum atomic E-state index is -3.30. The predicted octanol–water partition coefficient (Wildman–Crippen LogP) is 2.58. The zero-order valence-corrected chi connectivity index (χ0v) is 8.78. The molecule has 7 heteroatoms. The first-order valence-corrected chi connectivity index (χ1v) is 4.68. The number of hydrogen-bond acceptors (Lipinski definition) is 4. The van der Waals surface area contributed by atoms with Crippen molar-refractivity contribution < 1.29 is 13.3 Å². The van der Waals surface area contributed by atoms with E-state index in [1.165, 1.54) is 12.4 Å². The minimum Gasteiger partial charge on any atom is -0.331 e. The van der Waals surface area contributed by atoms with Crippen molar-refractivity contribution >= 4 is 15.9 Å². The van der Waals surface area contributed by atoms with Crippen LogP contribution in [0.3, 0.4) is 0 Å². The average molecular weight is 276 g/mol. The van der Waals surface area contributed by atoms with Crippen molar-refractivity contribution in [2.45, 2.75) is 4.83 Å². The topological polar surface area (TPSA) is 51.8 Å². The maximum absolute atomic E-state index is 12.7. The van der Waals surface area contributed by atoms with Crippen LogP contribution in [0.25, 0.3) is 11.4 Å². The molecule has 15 heavy (non-hydrogen) atoms. The van der Waals surface area contributed by atoms with E-state index < -0.39 is 10.7 Å². The lowest BCUT2D eigenvalue weighted by atomic mass is 10.2. The molecule has 0 amide bonds. The highest BCUT2D eigenvalue weighted by Gasteiger charge is 2.34. The highest BCUT2D eigenvalue weighted by molar-refractivity contribution is 9.09. The molecule has 0 radical (unpaired) electrons. The Morgan fingerprint density at radius 2 is 1.93 bits per heavy atom. The van der Waals surface area contributed by atoms with E-state index in [-0.39, 0.29) is 5.82 Å². The molecule has 2 aromatic rings.